The molecule has 0 saturated carbocycles. The summed E-state index contributed by atoms with van der Waals surface area (Å²) in [7, 11) is 1.72. The molecule has 0 aromatic heterocycles. The van der Waals surface area contributed by atoms with Crippen LogP contribution in [0.25, 0.3) is 0 Å². The van der Waals surface area contributed by atoms with Crippen molar-refractivity contribution in [1.82, 2.24) is 0 Å². The summed E-state index contributed by atoms with van der Waals surface area (Å²) in [6.45, 7) is 4.66. The Morgan fingerprint density at radius 1 is 1.70 bits per heavy atom. The van der Waals surface area contributed by atoms with Crippen molar-refractivity contribution in [3.8, 4) is 0 Å². The second kappa shape index (κ2) is 7.51. The van der Waals surface area contributed by atoms with Crippen LogP contribution in [0.3, 0.4) is 0 Å². The highest BCUT2D eigenvalue weighted by atomic mass is 32.2. The third-order valence-corrected chi connectivity index (χ3v) is 2.48. The topological polar surface area (TPSA) is 9.23 Å². The van der Waals surface area contributed by atoms with Crippen molar-refractivity contribution in [2.24, 2.45) is 0 Å². The van der Waals surface area contributed by atoms with Crippen LogP contribution in [0.15, 0.2) is 12.2 Å². The van der Waals surface area contributed by atoms with Gasteiger partial charge in [-0.1, -0.05) is 12.2 Å². The van der Waals surface area contributed by atoms with Crippen LogP contribution >= 0.6 is 24.4 Å². The molecule has 0 aromatic rings. The molecule has 0 radical (unpaired) electrons. The number of thiol groups is 1. The van der Waals surface area contributed by atoms with Gasteiger partial charge in [0, 0.05) is 24.4 Å². The molecule has 0 rings (SSSR count). The molecule has 60 valence electrons. The summed E-state index contributed by atoms with van der Waals surface area (Å²) < 4.78 is 4.89. The van der Waals surface area contributed by atoms with Crippen LogP contribution < -0.4 is 0 Å². The van der Waals surface area contributed by atoms with E-state index in [0.29, 0.717) is 0 Å². The second-order valence-corrected chi connectivity index (χ2v) is 3.37. The van der Waals surface area contributed by atoms with Gasteiger partial charge in [0.2, 0.25) is 0 Å². The largest absolute Gasteiger partial charge is 0.384 e. The Labute approximate surface area is 72.6 Å². The lowest BCUT2D eigenvalue weighted by molar-refractivity contribution is 0.218. The van der Waals surface area contributed by atoms with Crippen LogP contribution in [-0.4, -0.2) is 31.0 Å². The number of thioether (sulfide) groups is 1. The Hall–Kier alpha value is 0.400. The van der Waals surface area contributed by atoms with Crippen LogP contribution in [0.5, 0.6) is 0 Å². The Bertz CT molecular complexity index is 93.6. The van der Waals surface area contributed by atoms with E-state index < -0.39 is 0 Å². The molecule has 1 nitrogen and oxygen atoms in total. The Kier molecular flexibility index (Phi) is 7.81. The summed E-state index contributed by atoms with van der Waals surface area (Å²) in [6, 6.07) is 0. The lowest BCUT2D eigenvalue weighted by Crippen LogP contribution is -1.94. The molecule has 0 fully saturated rings. The van der Waals surface area contributed by atoms with E-state index in [-0.39, 0.29) is 0 Å². The molecule has 3 heteroatoms. The number of rotatable bonds is 6. The van der Waals surface area contributed by atoms with Crippen molar-refractivity contribution in [3.05, 3.63) is 12.2 Å². The van der Waals surface area contributed by atoms with Gasteiger partial charge in [-0.2, -0.15) is 24.4 Å². The Morgan fingerprint density at radius 2 is 2.40 bits per heavy atom. The van der Waals surface area contributed by atoms with Gasteiger partial charge in [-0.3, -0.25) is 0 Å². The first-order valence-corrected chi connectivity index (χ1v) is 4.94. The predicted molar refractivity (Wildman–Crippen MR) is 52.2 cm³/mol. The lowest BCUT2D eigenvalue weighted by atomic mass is 10.4. The first kappa shape index (κ1) is 10.4. The molecular weight excluding hydrogens is 164 g/mol. The van der Waals surface area contributed by atoms with E-state index in [1.165, 1.54) is 5.57 Å². The average Bonchev–Trinajstić information content (AvgIpc) is 1.98. The molecule has 0 aromatic carbocycles. The van der Waals surface area contributed by atoms with Crippen molar-refractivity contribution < 1.29 is 4.74 Å². The SMILES string of the molecule is C=C(CS)CSCCOC. The minimum absolute atomic E-state index is 0.792. The fourth-order valence-electron chi connectivity index (χ4n) is 0.404. The molecule has 0 aliphatic carbocycles. The van der Waals surface area contributed by atoms with Crippen molar-refractivity contribution in [1.29, 1.82) is 0 Å². The van der Waals surface area contributed by atoms with Crippen LogP contribution in [0.4, 0.5) is 0 Å². The van der Waals surface area contributed by atoms with Crippen molar-refractivity contribution in [3.63, 3.8) is 0 Å². The summed E-state index contributed by atoms with van der Waals surface area (Å²) in [6.07, 6.45) is 0. The zero-order chi connectivity index (χ0) is 7.82. The fourth-order valence-corrected chi connectivity index (χ4v) is 1.49. The molecule has 10 heavy (non-hydrogen) atoms. The van der Waals surface area contributed by atoms with Crippen LogP contribution in [0, 0.1) is 0 Å². The highest BCUT2D eigenvalue weighted by Crippen LogP contribution is 2.06. The van der Waals surface area contributed by atoms with Gasteiger partial charge in [-0.25, -0.2) is 0 Å². The van der Waals surface area contributed by atoms with Crippen molar-refractivity contribution >= 4 is 24.4 Å². The second-order valence-electron chi connectivity index (χ2n) is 1.95. The Balaban J connectivity index is 2.96. The van der Waals surface area contributed by atoms with E-state index in [2.05, 4.69) is 19.2 Å². The quantitative estimate of drug-likeness (QED) is 0.378. The van der Waals surface area contributed by atoms with Crippen LogP contribution in [-0.2, 0) is 4.74 Å². The normalized spacial score (nSPS) is 9.80. The number of methoxy groups -OCH3 is 1. The van der Waals surface area contributed by atoms with E-state index in [9.17, 15) is 0 Å². The van der Waals surface area contributed by atoms with E-state index >= 15 is 0 Å². The number of hydrogen-bond donors (Lipinski definition) is 1. The highest BCUT2D eigenvalue weighted by Gasteiger charge is 1.90. The van der Waals surface area contributed by atoms with Gasteiger partial charge in [0.15, 0.2) is 0 Å². The first-order valence-electron chi connectivity index (χ1n) is 3.15. The van der Waals surface area contributed by atoms with Gasteiger partial charge in [0.1, 0.15) is 0 Å². The minimum Gasteiger partial charge on any atom is -0.384 e. The molecular formula is C7H14OS2. The third-order valence-electron chi connectivity index (χ3n) is 0.962. The zero-order valence-electron chi connectivity index (χ0n) is 6.30. The first-order chi connectivity index (χ1) is 4.81. The molecule has 0 amide bonds. The molecule has 0 N–H and O–H groups in total. The van der Waals surface area contributed by atoms with Crippen molar-refractivity contribution in [2.75, 3.05) is 31.0 Å². The monoisotopic (exact) mass is 178 g/mol. The van der Waals surface area contributed by atoms with Gasteiger partial charge in [0.25, 0.3) is 0 Å². The Morgan fingerprint density at radius 3 is 2.90 bits per heavy atom. The minimum atomic E-state index is 0.792. The summed E-state index contributed by atoms with van der Waals surface area (Å²) in [5, 5.41) is 0. The number of ether oxygens (including phenoxy) is 1. The maximum atomic E-state index is 4.89. The number of hydrogen-bond acceptors (Lipinski definition) is 3. The molecule has 0 atom stereocenters. The molecule has 0 unspecified atom stereocenters. The van der Waals surface area contributed by atoms with E-state index in [4.69, 9.17) is 4.74 Å². The van der Waals surface area contributed by atoms with Gasteiger partial charge in [-0.05, 0) is 0 Å². The molecule has 0 bridgehead atoms. The molecule has 0 aliphatic heterocycles. The molecule has 0 heterocycles. The predicted octanol–water partition coefficient (Wildman–Crippen LogP) is 1.85. The van der Waals surface area contributed by atoms with Crippen molar-refractivity contribution in [2.45, 2.75) is 0 Å². The maximum Gasteiger partial charge on any atom is 0.0553 e. The van der Waals surface area contributed by atoms with Crippen LogP contribution in [0.2, 0.25) is 0 Å². The fraction of sp³-hybridized carbons (Fsp3) is 0.714. The van der Waals surface area contributed by atoms with E-state index in [1.54, 1.807) is 7.11 Å². The summed E-state index contributed by atoms with van der Waals surface area (Å²) in [5.74, 6) is 2.84. The van der Waals surface area contributed by atoms with Crippen LogP contribution in [0.1, 0.15) is 0 Å². The highest BCUT2D eigenvalue weighted by molar-refractivity contribution is 7.99. The van der Waals surface area contributed by atoms with Gasteiger partial charge in [0.05, 0.1) is 6.61 Å². The van der Waals surface area contributed by atoms with E-state index in [1.807, 2.05) is 11.8 Å². The standard InChI is InChI=1S/C7H14OS2/c1-7(5-9)6-10-4-3-8-2/h9H,1,3-6H2,2H3. The third kappa shape index (κ3) is 6.52. The average molecular weight is 178 g/mol. The zero-order valence-corrected chi connectivity index (χ0v) is 8.01. The smallest absolute Gasteiger partial charge is 0.0553 e. The summed E-state index contributed by atoms with van der Waals surface area (Å²) in [5.41, 5.74) is 1.18. The van der Waals surface area contributed by atoms with Gasteiger partial charge in [-0.15, -0.1) is 0 Å². The molecule has 0 spiro atoms. The van der Waals surface area contributed by atoms with Gasteiger partial charge < -0.3 is 4.74 Å². The molecule has 0 aliphatic rings. The maximum absolute atomic E-state index is 4.89. The summed E-state index contributed by atoms with van der Waals surface area (Å²) >= 11 is 5.93. The van der Waals surface area contributed by atoms with E-state index in [0.717, 1.165) is 23.9 Å². The van der Waals surface area contributed by atoms with Gasteiger partial charge >= 0.3 is 0 Å². The lowest BCUT2D eigenvalue weighted by Gasteiger charge is -2.00. The molecule has 0 saturated heterocycles. The summed E-state index contributed by atoms with van der Waals surface area (Å²) in [4.78, 5) is 0.